The molecule has 134 valence electrons. The fourth-order valence-electron chi connectivity index (χ4n) is 3.04. The van der Waals surface area contributed by atoms with Gasteiger partial charge in [-0.2, -0.15) is 0 Å². The molecular formula is C18H28ClN3O2. The smallest absolute Gasteiger partial charge is 0.236 e. The number of amides is 2. The number of hydrogen-bond donors (Lipinski definition) is 3. The predicted octanol–water partition coefficient (Wildman–Crippen LogP) is 2.69. The molecule has 0 saturated heterocycles. The van der Waals surface area contributed by atoms with E-state index in [1.807, 2.05) is 32.0 Å². The van der Waals surface area contributed by atoms with Crippen LogP contribution in [0.2, 0.25) is 0 Å². The maximum absolute atomic E-state index is 12.8. The number of benzene rings is 1. The third-order valence-corrected chi connectivity index (χ3v) is 4.82. The monoisotopic (exact) mass is 353 g/mol. The molecule has 1 aliphatic rings. The number of aryl methyl sites for hydroxylation is 2. The van der Waals surface area contributed by atoms with Crippen molar-refractivity contribution in [2.24, 2.45) is 11.1 Å². The predicted molar refractivity (Wildman–Crippen MR) is 99.4 cm³/mol. The zero-order chi connectivity index (χ0) is 17.0. The van der Waals surface area contributed by atoms with Crippen molar-refractivity contribution in [3.63, 3.8) is 0 Å². The van der Waals surface area contributed by atoms with Gasteiger partial charge in [-0.25, -0.2) is 0 Å². The quantitative estimate of drug-likeness (QED) is 0.760. The second-order valence-corrected chi connectivity index (χ2v) is 6.75. The van der Waals surface area contributed by atoms with Crippen molar-refractivity contribution in [2.75, 3.05) is 11.9 Å². The maximum Gasteiger partial charge on any atom is 0.236 e. The minimum absolute atomic E-state index is 0. The Morgan fingerprint density at radius 2 is 1.83 bits per heavy atom. The molecule has 0 aromatic heterocycles. The molecule has 0 radical (unpaired) electrons. The van der Waals surface area contributed by atoms with E-state index >= 15 is 0 Å². The first-order valence-corrected chi connectivity index (χ1v) is 8.26. The van der Waals surface area contributed by atoms with Gasteiger partial charge in [-0.15, -0.1) is 12.4 Å². The Kier molecular flexibility index (Phi) is 7.24. The Balaban J connectivity index is 0.00000288. The van der Waals surface area contributed by atoms with E-state index in [9.17, 15) is 9.59 Å². The SMILES string of the molecule is Cc1ccc(NC(=O)C2(CNC(=O)[C@@H](C)N)CCCC2)cc1C.Cl. The van der Waals surface area contributed by atoms with Crippen LogP contribution < -0.4 is 16.4 Å². The van der Waals surface area contributed by atoms with Crippen molar-refractivity contribution in [2.45, 2.75) is 52.5 Å². The molecule has 0 heterocycles. The summed E-state index contributed by atoms with van der Waals surface area (Å²) in [4.78, 5) is 24.6. The van der Waals surface area contributed by atoms with E-state index in [1.54, 1.807) is 6.92 Å². The van der Waals surface area contributed by atoms with Crippen LogP contribution >= 0.6 is 12.4 Å². The summed E-state index contributed by atoms with van der Waals surface area (Å²) in [7, 11) is 0. The zero-order valence-electron chi connectivity index (χ0n) is 14.6. The Labute approximate surface area is 150 Å². The first kappa shape index (κ1) is 20.5. The Morgan fingerprint density at radius 3 is 2.38 bits per heavy atom. The van der Waals surface area contributed by atoms with Crippen LogP contribution in [0.25, 0.3) is 0 Å². The van der Waals surface area contributed by atoms with Gasteiger partial charge in [-0.05, 0) is 56.9 Å². The number of halogens is 1. The van der Waals surface area contributed by atoms with Gasteiger partial charge in [0.15, 0.2) is 0 Å². The number of nitrogens with two attached hydrogens (primary N) is 1. The highest BCUT2D eigenvalue weighted by Crippen LogP contribution is 2.38. The fourth-order valence-corrected chi connectivity index (χ4v) is 3.04. The van der Waals surface area contributed by atoms with Crippen LogP contribution in [0.1, 0.15) is 43.7 Å². The van der Waals surface area contributed by atoms with E-state index < -0.39 is 11.5 Å². The molecule has 0 aliphatic heterocycles. The van der Waals surface area contributed by atoms with Gasteiger partial charge in [0.25, 0.3) is 0 Å². The minimum Gasteiger partial charge on any atom is -0.354 e. The van der Waals surface area contributed by atoms with Crippen LogP contribution in [-0.4, -0.2) is 24.4 Å². The molecule has 1 aromatic carbocycles. The number of nitrogens with one attached hydrogen (secondary N) is 2. The van der Waals surface area contributed by atoms with Crippen molar-refractivity contribution in [3.8, 4) is 0 Å². The number of carbonyl (C=O) groups is 2. The standard InChI is InChI=1S/C18H27N3O2.ClH/c1-12-6-7-15(10-13(12)2)21-17(23)18(8-4-5-9-18)11-20-16(22)14(3)19;/h6-7,10,14H,4-5,8-9,11,19H2,1-3H3,(H,20,22)(H,21,23);1H/t14-;/m1./s1. The van der Waals surface area contributed by atoms with Gasteiger partial charge in [-0.1, -0.05) is 18.9 Å². The average molecular weight is 354 g/mol. The Hall–Kier alpha value is -1.59. The topological polar surface area (TPSA) is 84.2 Å². The summed E-state index contributed by atoms with van der Waals surface area (Å²) < 4.78 is 0. The molecule has 6 heteroatoms. The van der Waals surface area contributed by atoms with E-state index in [0.29, 0.717) is 6.54 Å². The summed E-state index contributed by atoms with van der Waals surface area (Å²) >= 11 is 0. The molecule has 2 amide bonds. The largest absolute Gasteiger partial charge is 0.354 e. The molecule has 24 heavy (non-hydrogen) atoms. The molecule has 4 N–H and O–H groups in total. The average Bonchev–Trinajstić information content (AvgIpc) is 2.98. The van der Waals surface area contributed by atoms with Crippen molar-refractivity contribution in [1.29, 1.82) is 0 Å². The highest BCUT2D eigenvalue weighted by molar-refractivity contribution is 5.96. The third kappa shape index (κ3) is 4.71. The van der Waals surface area contributed by atoms with E-state index in [1.165, 1.54) is 5.56 Å². The van der Waals surface area contributed by atoms with E-state index in [-0.39, 0.29) is 24.2 Å². The molecule has 1 atom stereocenters. The molecule has 1 aromatic rings. The molecule has 0 bridgehead atoms. The third-order valence-electron chi connectivity index (χ3n) is 4.82. The minimum atomic E-state index is -0.559. The molecular weight excluding hydrogens is 326 g/mol. The molecule has 0 spiro atoms. The van der Waals surface area contributed by atoms with Crippen LogP contribution in [0.3, 0.4) is 0 Å². The van der Waals surface area contributed by atoms with Crippen molar-refractivity contribution in [1.82, 2.24) is 5.32 Å². The summed E-state index contributed by atoms with van der Waals surface area (Å²) in [6.45, 7) is 6.07. The highest BCUT2D eigenvalue weighted by Gasteiger charge is 2.41. The molecule has 1 fully saturated rings. The van der Waals surface area contributed by atoms with Gasteiger partial charge in [-0.3, -0.25) is 9.59 Å². The summed E-state index contributed by atoms with van der Waals surface area (Å²) in [6.07, 6.45) is 3.61. The fraction of sp³-hybridized carbons (Fsp3) is 0.556. The highest BCUT2D eigenvalue weighted by atomic mass is 35.5. The number of rotatable bonds is 5. The first-order valence-electron chi connectivity index (χ1n) is 8.26. The summed E-state index contributed by atoms with van der Waals surface area (Å²) in [5.41, 5.74) is 8.21. The molecule has 2 rings (SSSR count). The van der Waals surface area contributed by atoms with Crippen LogP contribution in [0.15, 0.2) is 18.2 Å². The van der Waals surface area contributed by atoms with Crippen LogP contribution in [0, 0.1) is 19.3 Å². The summed E-state index contributed by atoms with van der Waals surface area (Å²) in [5.74, 6) is -0.224. The molecule has 0 unspecified atom stereocenters. The molecule has 1 saturated carbocycles. The van der Waals surface area contributed by atoms with Gasteiger partial charge >= 0.3 is 0 Å². The number of hydrogen-bond acceptors (Lipinski definition) is 3. The second kappa shape index (κ2) is 8.49. The summed E-state index contributed by atoms with van der Waals surface area (Å²) in [5, 5.41) is 5.85. The van der Waals surface area contributed by atoms with Crippen LogP contribution in [-0.2, 0) is 9.59 Å². The Morgan fingerprint density at radius 1 is 1.21 bits per heavy atom. The van der Waals surface area contributed by atoms with Crippen molar-refractivity contribution in [3.05, 3.63) is 29.3 Å². The lowest BCUT2D eigenvalue weighted by Crippen LogP contribution is -2.47. The lowest BCUT2D eigenvalue weighted by Gasteiger charge is -2.28. The van der Waals surface area contributed by atoms with Gasteiger partial charge in [0, 0.05) is 12.2 Å². The van der Waals surface area contributed by atoms with Gasteiger partial charge < -0.3 is 16.4 Å². The first-order chi connectivity index (χ1) is 10.8. The van der Waals surface area contributed by atoms with Gasteiger partial charge in [0.2, 0.25) is 11.8 Å². The zero-order valence-corrected chi connectivity index (χ0v) is 15.5. The summed E-state index contributed by atoms with van der Waals surface area (Å²) in [6, 6.07) is 5.35. The molecule has 1 aliphatic carbocycles. The number of carbonyl (C=O) groups excluding carboxylic acids is 2. The van der Waals surface area contributed by atoms with Crippen LogP contribution in [0.4, 0.5) is 5.69 Å². The van der Waals surface area contributed by atoms with Gasteiger partial charge in [0.1, 0.15) is 0 Å². The Bertz CT molecular complexity index is 596. The lowest BCUT2D eigenvalue weighted by molar-refractivity contribution is -0.127. The van der Waals surface area contributed by atoms with E-state index in [2.05, 4.69) is 10.6 Å². The van der Waals surface area contributed by atoms with Crippen molar-refractivity contribution >= 4 is 29.9 Å². The van der Waals surface area contributed by atoms with E-state index in [4.69, 9.17) is 5.73 Å². The van der Waals surface area contributed by atoms with E-state index in [0.717, 1.165) is 36.9 Å². The van der Waals surface area contributed by atoms with Crippen molar-refractivity contribution < 1.29 is 9.59 Å². The normalized spacial score (nSPS) is 16.8. The molecule has 5 nitrogen and oxygen atoms in total. The lowest BCUT2D eigenvalue weighted by atomic mass is 9.84. The second-order valence-electron chi connectivity index (χ2n) is 6.75. The maximum atomic E-state index is 12.8. The van der Waals surface area contributed by atoms with Crippen LogP contribution in [0.5, 0.6) is 0 Å². The number of anilines is 1. The van der Waals surface area contributed by atoms with Gasteiger partial charge in [0.05, 0.1) is 11.5 Å².